The Bertz CT molecular complexity index is 423. The molecular weight excluding hydrogens is 282 g/mol. The maximum atomic E-state index is 8.59. The van der Waals surface area contributed by atoms with E-state index in [2.05, 4.69) is 40.4 Å². The fraction of sp³-hybridized carbons (Fsp3) is 0.688. The maximum Gasteiger partial charge on any atom is 0.0621 e. The molecule has 21 heavy (non-hydrogen) atoms. The van der Waals surface area contributed by atoms with Gasteiger partial charge in [0.05, 0.1) is 25.3 Å². The van der Waals surface area contributed by atoms with Crippen LogP contribution in [0.1, 0.15) is 30.2 Å². The van der Waals surface area contributed by atoms with E-state index in [1.807, 2.05) is 11.3 Å². The number of unbranched alkanes of at least 4 members (excludes halogenated alkanes) is 2. The van der Waals surface area contributed by atoms with E-state index in [-0.39, 0.29) is 0 Å². The molecule has 0 N–H and O–H groups in total. The van der Waals surface area contributed by atoms with E-state index in [1.165, 1.54) is 4.88 Å². The summed E-state index contributed by atoms with van der Waals surface area (Å²) in [5.41, 5.74) is 0. The summed E-state index contributed by atoms with van der Waals surface area (Å²) in [5, 5.41) is 10.8. The second-order valence-corrected chi connectivity index (χ2v) is 6.54. The molecule has 116 valence electrons. The molecule has 0 spiro atoms. The van der Waals surface area contributed by atoms with Crippen LogP contribution in [0.3, 0.4) is 0 Å². The third-order valence-corrected chi connectivity index (χ3v) is 4.89. The summed E-state index contributed by atoms with van der Waals surface area (Å²) in [5.74, 6) is 0. The Kier molecular flexibility index (Phi) is 7.17. The quantitative estimate of drug-likeness (QED) is 0.692. The van der Waals surface area contributed by atoms with Gasteiger partial charge in [0, 0.05) is 30.9 Å². The van der Waals surface area contributed by atoms with Crippen molar-refractivity contribution >= 4 is 11.3 Å². The minimum atomic E-state index is 0.467. The Morgan fingerprint density at radius 1 is 1.43 bits per heavy atom. The van der Waals surface area contributed by atoms with Gasteiger partial charge < -0.3 is 9.64 Å². The first-order valence-electron chi connectivity index (χ1n) is 7.72. The first kappa shape index (κ1) is 16.4. The number of hydrogen-bond donors (Lipinski definition) is 0. The molecule has 1 atom stereocenters. The second-order valence-electron chi connectivity index (χ2n) is 5.56. The van der Waals surface area contributed by atoms with Crippen molar-refractivity contribution in [2.24, 2.45) is 0 Å². The largest absolute Gasteiger partial charge is 0.379 e. The highest BCUT2D eigenvalue weighted by Gasteiger charge is 2.24. The Labute approximate surface area is 131 Å². The molecule has 1 aliphatic rings. The van der Waals surface area contributed by atoms with Crippen LogP contribution < -0.4 is 0 Å². The van der Waals surface area contributed by atoms with Crippen LogP contribution in [0.5, 0.6) is 0 Å². The molecule has 0 bridgehead atoms. The van der Waals surface area contributed by atoms with Crippen LogP contribution in [0.25, 0.3) is 0 Å². The predicted octanol–water partition coefficient (Wildman–Crippen LogP) is 2.75. The standard InChI is InChI=1S/C16H25N3OS/c1-18(8-4-2-3-7-17)14-15(16-6-5-13-21-16)19-9-11-20-12-10-19/h5-6,13,15H,2-4,8-12,14H2,1H3. The van der Waals surface area contributed by atoms with E-state index in [4.69, 9.17) is 10.00 Å². The van der Waals surface area contributed by atoms with Crippen LogP contribution in [-0.2, 0) is 4.74 Å². The molecule has 0 saturated carbocycles. The average molecular weight is 307 g/mol. The lowest BCUT2D eigenvalue weighted by molar-refractivity contribution is 0.0101. The van der Waals surface area contributed by atoms with Gasteiger partial charge in [-0.25, -0.2) is 0 Å². The smallest absolute Gasteiger partial charge is 0.0621 e. The number of morpholine rings is 1. The molecular formula is C16H25N3OS. The van der Waals surface area contributed by atoms with Gasteiger partial charge in [-0.2, -0.15) is 5.26 Å². The molecule has 0 radical (unpaired) electrons. The predicted molar refractivity (Wildman–Crippen MR) is 86.4 cm³/mol. The molecule has 1 aromatic rings. The summed E-state index contributed by atoms with van der Waals surface area (Å²) in [6.45, 7) is 5.83. The van der Waals surface area contributed by atoms with Crippen LogP contribution >= 0.6 is 11.3 Å². The number of hydrogen-bond acceptors (Lipinski definition) is 5. The molecule has 1 aromatic heterocycles. The highest BCUT2D eigenvalue weighted by molar-refractivity contribution is 7.10. The molecule has 0 amide bonds. The zero-order chi connectivity index (χ0) is 14.9. The molecule has 0 aromatic carbocycles. The van der Waals surface area contributed by atoms with Crippen molar-refractivity contribution < 1.29 is 4.74 Å². The van der Waals surface area contributed by atoms with Gasteiger partial charge in [-0.3, -0.25) is 4.90 Å². The van der Waals surface area contributed by atoms with Gasteiger partial charge in [-0.1, -0.05) is 6.07 Å². The summed E-state index contributed by atoms with van der Waals surface area (Å²) in [4.78, 5) is 6.39. The van der Waals surface area contributed by atoms with Crippen molar-refractivity contribution in [3.05, 3.63) is 22.4 Å². The normalized spacial score (nSPS) is 17.8. The zero-order valence-corrected chi connectivity index (χ0v) is 13.6. The number of likely N-dealkylation sites (N-methyl/N-ethyl adjacent to an activating group) is 1. The fourth-order valence-corrected chi connectivity index (χ4v) is 3.58. The number of nitrogens with zero attached hydrogens (tertiary/aromatic N) is 3. The average Bonchev–Trinajstić information content (AvgIpc) is 3.04. The molecule has 4 nitrogen and oxygen atoms in total. The third kappa shape index (κ3) is 5.40. The number of thiophene rings is 1. The molecule has 5 heteroatoms. The van der Waals surface area contributed by atoms with Crippen molar-refractivity contribution in [1.29, 1.82) is 5.26 Å². The van der Waals surface area contributed by atoms with Crippen LogP contribution in [0.4, 0.5) is 0 Å². The molecule has 2 heterocycles. The van der Waals surface area contributed by atoms with E-state index in [0.29, 0.717) is 12.5 Å². The van der Waals surface area contributed by atoms with E-state index < -0.39 is 0 Å². The van der Waals surface area contributed by atoms with Gasteiger partial charge in [0.25, 0.3) is 0 Å². The van der Waals surface area contributed by atoms with Crippen molar-refractivity contribution in [3.8, 4) is 6.07 Å². The highest BCUT2D eigenvalue weighted by Crippen LogP contribution is 2.26. The number of ether oxygens (including phenoxy) is 1. The Morgan fingerprint density at radius 3 is 2.90 bits per heavy atom. The van der Waals surface area contributed by atoms with Gasteiger partial charge in [0.2, 0.25) is 0 Å². The SMILES string of the molecule is CN(CCCCC#N)CC(c1cccs1)N1CCOCC1. The van der Waals surface area contributed by atoms with Crippen LogP contribution in [0.15, 0.2) is 17.5 Å². The molecule has 2 rings (SSSR count). The van der Waals surface area contributed by atoms with Gasteiger partial charge >= 0.3 is 0 Å². The number of rotatable bonds is 8. The minimum absolute atomic E-state index is 0.467. The minimum Gasteiger partial charge on any atom is -0.379 e. The van der Waals surface area contributed by atoms with Crippen LogP contribution in [0, 0.1) is 11.3 Å². The van der Waals surface area contributed by atoms with Crippen molar-refractivity contribution in [3.63, 3.8) is 0 Å². The van der Waals surface area contributed by atoms with Crippen molar-refractivity contribution in [2.75, 3.05) is 46.4 Å². The van der Waals surface area contributed by atoms with Gasteiger partial charge in [0.15, 0.2) is 0 Å². The lowest BCUT2D eigenvalue weighted by Gasteiger charge is -2.36. The molecule has 1 aliphatic heterocycles. The van der Waals surface area contributed by atoms with Gasteiger partial charge in [-0.15, -0.1) is 11.3 Å². The topological polar surface area (TPSA) is 39.5 Å². The zero-order valence-electron chi connectivity index (χ0n) is 12.8. The summed E-state index contributed by atoms with van der Waals surface area (Å²) in [6.07, 6.45) is 2.78. The first-order valence-corrected chi connectivity index (χ1v) is 8.60. The first-order chi connectivity index (χ1) is 10.3. The molecule has 1 fully saturated rings. The lowest BCUT2D eigenvalue weighted by Crippen LogP contribution is -2.43. The van der Waals surface area contributed by atoms with E-state index >= 15 is 0 Å². The van der Waals surface area contributed by atoms with Crippen LogP contribution in [0.2, 0.25) is 0 Å². The Morgan fingerprint density at radius 2 is 2.24 bits per heavy atom. The molecule has 1 saturated heterocycles. The van der Waals surface area contributed by atoms with Gasteiger partial charge in [-0.05, 0) is 37.9 Å². The third-order valence-electron chi connectivity index (χ3n) is 3.92. The van der Waals surface area contributed by atoms with Crippen molar-refractivity contribution in [1.82, 2.24) is 9.80 Å². The van der Waals surface area contributed by atoms with E-state index in [1.54, 1.807) is 0 Å². The lowest BCUT2D eigenvalue weighted by atomic mass is 10.1. The summed E-state index contributed by atoms with van der Waals surface area (Å²) in [6, 6.07) is 7.07. The Balaban J connectivity index is 1.88. The summed E-state index contributed by atoms with van der Waals surface area (Å²) in [7, 11) is 2.19. The maximum absolute atomic E-state index is 8.59. The second kappa shape index (κ2) is 9.16. The molecule has 0 aliphatic carbocycles. The van der Waals surface area contributed by atoms with E-state index in [0.717, 1.165) is 52.2 Å². The number of nitriles is 1. The monoisotopic (exact) mass is 307 g/mol. The highest BCUT2D eigenvalue weighted by atomic mass is 32.1. The van der Waals surface area contributed by atoms with Gasteiger partial charge in [0.1, 0.15) is 0 Å². The fourth-order valence-electron chi connectivity index (χ4n) is 2.73. The van der Waals surface area contributed by atoms with Crippen molar-refractivity contribution in [2.45, 2.75) is 25.3 Å². The summed E-state index contributed by atoms with van der Waals surface area (Å²) >= 11 is 1.85. The Hall–Kier alpha value is -0.930. The summed E-state index contributed by atoms with van der Waals surface area (Å²) < 4.78 is 5.48. The van der Waals surface area contributed by atoms with E-state index in [9.17, 15) is 0 Å². The molecule has 1 unspecified atom stereocenters. The van der Waals surface area contributed by atoms with Crippen LogP contribution in [-0.4, -0.2) is 56.2 Å².